The van der Waals surface area contributed by atoms with Gasteiger partial charge in [-0.2, -0.15) is 10.2 Å². The molecule has 0 aliphatic rings. The highest BCUT2D eigenvalue weighted by atomic mass is 16.2. The Morgan fingerprint density at radius 2 is 1.77 bits per heavy atom. The van der Waals surface area contributed by atoms with Crippen molar-refractivity contribution in [2.75, 3.05) is 5.32 Å². The average molecular weight is 345 g/mol. The number of benzene rings is 2. The third-order valence-electron chi connectivity index (χ3n) is 4.29. The second-order valence-corrected chi connectivity index (χ2v) is 6.05. The molecule has 0 aliphatic heterocycles. The fourth-order valence-electron chi connectivity index (χ4n) is 2.96. The highest BCUT2D eigenvalue weighted by Crippen LogP contribution is 2.19. The first kappa shape index (κ1) is 16.1. The Balaban J connectivity index is 1.50. The zero-order chi connectivity index (χ0) is 17.9. The summed E-state index contributed by atoms with van der Waals surface area (Å²) in [5.74, 6) is 0.258. The van der Waals surface area contributed by atoms with Crippen LogP contribution in [0, 0.1) is 0 Å². The number of carbonyl (C=O) groups is 1. The molecule has 2 heterocycles. The summed E-state index contributed by atoms with van der Waals surface area (Å²) >= 11 is 0. The zero-order valence-corrected chi connectivity index (χ0v) is 14.5. The number of hydrogen-bond acceptors (Lipinski definition) is 3. The van der Waals surface area contributed by atoms with E-state index in [0.717, 1.165) is 6.54 Å². The van der Waals surface area contributed by atoms with Crippen molar-refractivity contribution in [3.05, 3.63) is 78.2 Å². The third-order valence-corrected chi connectivity index (χ3v) is 4.29. The fourth-order valence-corrected chi connectivity index (χ4v) is 2.96. The van der Waals surface area contributed by atoms with Crippen LogP contribution in [0.2, 0.25) is 0 Å². The number of fused-ring (bicyclic) bond motifs is 1. The van der Waals surface area contributed by atoms with Crippen LogP contribution in [0.3, 0.4) is 0 Å². The number of anilines is 1. The quantitative estimate of drug-likeness (QED) is 0.601. The summed E-state index contributed by atoms with van der Waals surface area (Å²) in [5.41, 5.74) is 1.57. The highest BCUT2D eigenvalue weighted by Gasteiger charge is 2.11. The Labute approximate surface area is 151 Å². The second-order valence-electron chi connectivity index (χ2n) is 6.05. The Hall–Kier alpha value is -3.41. The molecule has 0 spiro atoms. The van der Waals surface area contributed by atoms with E-state index in [4.69, 9.17) is 0 Å². The van der Waals surface area contributed by atoms with Gasteiger partial charge in [0.2, 0.25) is 0 Å². The monoisotopic (exact) mass is 345 g/mol. The summed E-state index contributed by atoms with van der Waals surface area (Å²) in [6, 6.07) is 18.0. The maximum absolute atomic E-state index is 12.2. The molecule has 6 nitrogen and oxygen atoms in total. The molecule has 0 atom stereocenters. The fraction of sp³-hybridized carbons (Fsp3) is 0.150. The largest absolute Gasteiger partial charge is 0.304 e. The van der Waals surface area contributed by atoms with Gasteiger partial charge >= 0.3 is 0 Å². The summed E-state index contributed by atoms with van der Waals surface area (Å²) in [6.07, 6.45) is 3.65. The van der Waals surface area contributed by atoms with E-state index in [0.29, 0.717) is 18.1 Å². The van der Waals surface area contributed by atoms with Crippen LogP contribution in [0.1, 0.15) is 23.0 Å². The maximum Gasteiger partial charge on any atom is 0.277 e. The topological polar surface area (TPSA) is 64.7 Å². The van der Waals surface area contributed by atoms with Crippen molar-refractivity contribution in [1.29, 1.82) is 0 Å². The van der Waals surface area contributed by atoms with Crippen LogP contribution in [0.15, 0.2) is 67.0 Å². The first-order chi connectivity index (χ1) is 12.7. The van der Waals surface area contributed by atoms with Gasteiger partial charge in [-0.1, -0.05) is 42.5 Å². The number of hydrogen-bond donors (Lipinski definition) is 1. The molecule has 0 bridgehead atoms. The lowest BCUT2D eigenvalue weighted by Gasteiger charge is -2.06. The van der Waals surface area contributed by atoms with Gasteiger partial charge in [0, 0.05) is 25.0 Å². The van der Waals surface area contributed by atoms with Crippen molar-refractivity contribution in [3.63, 3.8) is 0 Å². The second kappa shape index (κ2) is 6.84. The van der Waals surface area contributed by atoms with Gasteiger partial charge in [-0.3, -0.25) is 14.2 Å². The normalized spacial score (nSPS) is 11.0. The molecule has 2 aromatic heterocycles. The van der Waals surface area contributed by atoms with Crippen molar-refractivity contribution in [3.8, 4) is 0 Å². The number of rotatable bonds is 5. The lowest BCUT2D eigenvalue weighted by Crippen LogP contribution is -2.14. The predicted octanol–water partition coefficient (Wildman–Crippen LogP) is 3.55. The molecule has 6 heteroatoms. The molecule has 1 amide bonds. The first-order valence-electron chi connectivity index (χ1n) is 8.58. The molecule has 0 aliphatic carbocycles. The number of aryl methyl sites for hydroxylation is 1. The van der Waals surface area contributed by atoms with Crippen LogP contribution in [0.5, 0.6) is 0 Å². The molecule has 26 heavy (non-hydrogen) atoms. The van der Waals surface area contributed by atoms with E-state index in [2.05, 4.69) is 39.8 Å². The van der Waals surface area contributed by atoms with Gasteiger partial charge < -0.3 is 5.32 Å². The zero-order valence-electron chi connectivity index (χ0n) is 14.5. The molecule has 0 saturated heterocycles. The minimum Gasteiger partial charge on any atom is -0.304 e. The molecular weight excluding hydrogens is 326 g/mol. The maximum atomic E-state index is 12.2. The average Bonchev–Trinajstić information content (AvgIpc) is 3.31. The lowest BCUT2D eigenvalue weighted by molar-refractivity contribution is 0.102. The number of carbonyl (C=O) groups excluding carboxylic acids is 1. The van der Waals surface area contributed by atoms with Gasteiger partial charge in [-0.05, 0) is 29.3 Å². The van der Waals surface area contributed by atoms with Gasteiger partial charge in [0.1, 0.15) is 0 Å². The van der Waals surface area contributed by atoms with Crippen LogP contribution in [0.25, 0.3) is 10.8 Å². The standard InChI is InChI=1S/C20H19N5O/c1-2-24-12-10-18(22-24)20(26)21-19-11-13-25(23-19)14-16-8-5-7-15-6-3-4-9-17(15)16/h3-13H,2,14H2,1H3,(H,21,23,26). The molecule has 0 radical (unpaired) electrons. The van der Waals surface area contributed by atoms with Crippen LogP contribution < -0.4 is 5.32 Å². The van der Waals surface area contributed by atoms with E-state index in [1.807, 2.05) is 36.0 Å². The van der Waals surface area contributed by atoms with E-state index in [-0.39, 0.29) is 5.91 Å². The molecule has 0 unspecified atom stereocenters. The number of nitrogens with zero attached hydrogens (tertiary/aromatic N) is 4. The Morgan fingerprint density at radius 1 is 0.962 bits per heavy atom. The van der Waals surface area contributed by atoms with Crippen molar-refractivity contribution in [1.82, 2.24) is 19.6 Å². The first-order valence-corrected chi connectivity index (χ1v) is 8.58. The number of nitrogens with one attached hydrogen (secondary N) is 1. The lowest BCUT2D eigenvalue weighted by atomic mass is 10.0. The van der Waals surface area contributed by atoms with Gasteiger partial charge in [0.05, 0.1) is 6.54 Å². The van der Waals surface area contributed by atoms with Gasteiger partial charge in [0.25, 0.3) is 5.91 Å². The molecular formula is C20H19N5O. The van der Waals surface area contributed by atoms with E-state index < -0.39 is 0 Å². The van der Waals surface area contributed by atoms with Gasteiger partial charge in [-0.15, -0.1) is 0 Å². The van der Waals surface area contributed by atoms with E-state index >= 15 is 0 Å². The van der Waals surface area contributed by atoms with E-state index in [1.54, 1.807) is 23.0 Å². The van der Waals surface area contributed by atoms with Gasteiger partial charge in [0.15, 0.2) is 11.5 Å². The van der Waals surface area contributed by atoms with Crippen LogP contribution >= 0.6 is 0 Å². The van der Waals surface area contributed by atoms with Gasteiger partial charge in [-0.25, -0.2) is 0 Å². The predicted molar refractivity (Wildman–Crippen MR) is 101 cm³/mol. The minimum absolute atomic E-state index is 0.257. The molecule has 4 aromatic rings. The number of amides is 1. The Kier molecular flexibility index (Phi) is 4.23. The minimum atomic E-state index is -0.257. The van der Waals surface area contributed by atoms with E-state index in [9.17, 15) is 4.79 Å². The molecule has 4 rings (SSSR count). The van der Waals surface area contributed by atoms with Crippen LogP contribution in [-0.2, 0) is 13.1 Å². The smallest absolute Gasteiger partial charge is 0.277 e. The Morgan fingerprint density at radius 3 is 2.62 bits per heavy atom. The van der Waals surface area contributed by atoms with Crippen LogP contribution in [-0.4, -0.2) is 25.5 Å². The van der Waals surface area contributed by atoms with Crippen molar-refractivity contribution in [2.45, 2.75) is 20.0 Å². The molecule has 0 saturated carbocycles. The summed E-state index contributed by atoms with van der Waals surface area (Å²) in [5, 5.41) is 13.9. The van der Waals surface area contributed by atoms with Crippen molar-refractivity contribution >= 4 is 22.5 Å². The summed E-state index contributed by atoms with van der Waals surface area (Å²) in [6.45, 7) is 3.35. The summed E-state index contributed by atoms with van der Waals surface area (Å²) in [7, 11) is 0. The highest BCUT2D eigenvalue weighted by molar-refractivity contribution is 6.02. The molecule has 1 N–H and O–H groups in total. The Bertz CT molecular complexity index is 1060. The van der Waals surface area contributed by atoms with Crippen LogP contribution in [0.4, 0.5) is 5.82 Å². The molecule has 130 valence electrons. The van der Waals surface area contributed by atoms with Crippen molar-refractivity contribution in [2.24, 2.45) is 0 Å². The summed E-state index contributed by atoms with van der Waals surface area (Å²) < 4.78 is 3.54. The third kappa shape index (κ3) is 3.21. The molecule has 0 fully saturated rings. The summed E-state index contributed by atoms with van der Waals surface area (Å²) in [4.78, 5) is 12.2. The SMILES string of the molecule is CCn1ccc(C(=O)Nc2ccn(Cc3cccc4ccccc34)n2)n1. The molecule has 2 aromatic carbocycles. The number of aromatic nitrogens is 4. The van der Waals surface area contributed by atoms with E-state index in [1.165, 1.54) is 16.3 Å². The van der Waals surface area contributed by atoms with Crippen molar-refractivity contribution < 1.29 is 4.79 Å².